The molecule has 0 spiro atoms. The standard InChI is InChI=1S/C18H19N3O3/c1-12-2-7-15-16(10-12)21(9-8-17(22)19-15)11-13-3-5-14(6-4-13)18(23)20-24/h2-7,10,24H,8-9,11H2,1H3,(H,19,22)(H,20,23). The second kappa shape index (κ2) is 6.72. The summed E-state index contributed by atoms with van der Waals surface area (Å²) in [4.78, 5) is 25.4. The number of amides is 2. The van der Waals surface area contributed by atoms with Crippen molar-refractivity contribution >= 4 is 23.2 Å². The van der Waals surface area contributed by atoms with Crippen molar-refractivity contribution in [1.82, 2.24) is 5.48 Å². The molecule has 0 atom stereocenters. The van der Waals surface area contributed by atoms with Crippen LogP contribution in [0.1, 0.15) is 27.9 Å². The lowest BCUT2D eigenvalue weighted by Gasteiger charge is -2.24. The van der Waals surface area contributed by atoms with Crippen LogP contribution in [0.3, 0.4) is 0 Å². The van der Waals surface area contributed by atoms with Gasteiger partial charge in [-0.05, 0) is 42.3 Å². The highest BCUT2D eigenvalue weighted by Gasteiger charge is 2.19. The summed E-state index contributed by atoms with van der Waals surface area (Å²) in [5, 5.41) is 11.6. The Balaban J connectivity index is 1.85. The van der Waals surface area contributed by atoms with Crippen LogP contribution in [0.4, 0.5) is 11.4 Å². The average Bonchev–Trinajstić information content (AvgIpc) is 2.74. The van der Waals surface area contributed by atoms with Crippen LogP contribution in [0.5, 0.6) is 0 Å². The quantitative estimate of drug-likeness (QED) is 0.598. The molecule has 1 aliphatic rings. The topological polar surface area (TPSA) is 81.7 Å². The second-order valence-corrected chi connectivity index (χ2v) is 5.88. The zero-order chi connectivity index (χ0) is 17.1. The lowest BCUT2D eigenvalue weighted by molar-refractivity contribution is -0.115. The number of hydrogen-bond acceptors (Lipinski definition) is 4. The number of nitrogens with one attached hydrogen (secondary N) is 2. The van der Waals surface area contributed by atoms with Gasteiger partial charge in [-0.3, -0.25) is 14.8 Å². The Bertz CT molecular complexity index is 772. The summed E-state index contributed by atoms with van der Waals surface area (Å²) in [6.07, 6.45) is 0.429. The van der Waals surface area contributed by atoms with Gasteiger partial charge in [0.15, 0.2) is 0 Å². The maximum Gasteiger partial charge on any atom is 0.274 e. The maximum absolute atomic E-state index is 11.9. The number of hydroxylamine groups is 1. The van der Waals surface area contributed by atoms with E-state index in [9.17, 15) is 9.59 Å². The molecule has 2 aromatic carbocycles. The monoisotopic (exact) mass is 325 g/mol. The molecule has 0 aliphatic carbocycles. The number of rotatable bonds is 3. The van der Waals surface area contributed by atoms with Gasteiger partial charge in [0.05, 0.1) is 11.4 Å². The van der Waals surface area contributed by atoms with E-state index in [0.717, 1.165) is 22.5 Å². The molecule has 24 heavy (non-hydrogen) atoms. The molecular weight excluding hydrogens is 306 g/mol. The molecule has 0 bridgehead atoms. The molecule has 0 saturated heterocycles. The van der Waals surface area contributed by atoms with Crippen LogP contribution in [-0.4, -0.2) is 23.6 Å². The molecule has 0 saturated carbocycles. The summed E-state index contributed by atoms with van der Waals surface area (Å²) in [5.41, 5.74) is 5.98. The molecule has 124 valence electrons. The third-order valence-corrected chi connectivity index (χ3v) is 4.07. The van der Waals surface area contributed by atoms with Crippen LogP contribution in [0.15, 0.2) is 42.5 Å². The summed E-state index contributed by atoms with van der Waals surface area (Å²) >= 11 is 0. The van der Waals surface area contributed by atoms with Crippen molar-refractivity contribution in [3.05, 3.63) is 59.2 Å². The summed E-state index contributed by atoms with van der Waals surface area (Å²) in [6.45, 7) is 3.28. The first-order valence-electron chi connectivity index (χ1n) is 7.75. The number of carbonyl (C=O) groups excluding carboxylic acids is 2. The Morgan fingerprint density at radius 2 is 2.00 bits per heavy atom. The van der Waals surface area contributed by atoms with Crippen LogP contribution in [-0.2, 0) is 11.3 Å². The van der Waals surface area contributed by atoms with E-state index >= 15 is 0 Å². The van der Waals surface area contributed by atoms with E-state index in [1.54, 1.807) is 17.6 Å². The zero-order valence-corrected chi connectivity index (χ0v) is 13.4. The number of aryl methyl sites for hydroxylation is 1. The van der Waals surface area contributed by atoms with Gasteiger partial charge in [-0.1, -0.05) is 18.2 Å². The summed E-state index contributed by atoms with van der Waals surface area (Å²) in [6, 6.07) is 13.0. The fraction of sp³-hybridized carbons (Fsp3) is 0.222. The highest BCUT2D eigenvalue weighted by Crippen LogP contribution is 2.31. The van der Waals surface area contributed by atoms with Crippen LogP contribution >= 0.6 is 0 Å². The van der Waals surface area contributed by atoms with Crippen molar-refractivity contribution in [2.45, 2.75) is 19.9 Å². The van der Waals surface area contributed by atoms with Gasteiger partial charge in [0, 0.05) is 25.1 Å². The molecule has 0 unspecified atom stereocenters. The predicted octanol–water partition coefficient (Wildman–Crippen LogP) is 2.46. The molecule has 1 heterocycles. The van der Waals surface area contributed by atoms with Crippen molar-refractivity contribution in [3.63, 3.8) is 0 Å². The van der Waals surface area contributed by atoms with Crippen molar-refractivity contribution in [1.29, 1.82) is 0 Å². The van der Waals surface area contributed by atoms with Crippen molar-refractivity contribution in [3.8, 4) is 0 Å². The van der Waals surface area contributed by atoms with E-state index in [1.165, 1.54) is 0 Å². The van der Waals surface area contributed by atoms with Gasteiger partial charge in [-0.2, -0.15) is 0 Å². The number of hydrogen-bond donors (Lipinski definition) is 3. The van der Waals surface area contributed by atoms with Crippen molar-refractivity contribution < 1.29 is 14.8 Å². The Morgan fingerprint density at radius 1 is 1.25 bits per heavy atom. The van der Waals surface area contributed by atoms with E-state index < -0.39 is 5.91 Å². The molecule has 0 fully saturated rings. The van der Waals surface area contributed by atoms with Crippen molar-refractivity contribution in [2.75, 3.05) is 16.8 Å². The number of fused-ring (bicyclic) bond motifs is 1. The molecular formula is C18H19N3O3. The molecule has 0 aromatic heterocycles. The van der Waals surface area contributed by atoms with Gasteiger partial charge >= 0.3 is 0 Å². The normalized spacial score (nSPS) is 13.8. The van der Waals surface area contributed by atoms with E-state index in [0.29, 0.717) is 25.1 Å². The van der Waals surface area contributed by atoms with Gasteiger partial charge in [0.25, 0.3) is 5.91 Å². The Kier molecular flexibility index (Phi) is 4.48. The maximum atomic E-state index is 11.9. The van der Waals surface area contributed by atoms with Gasteiger partial charge in [0.2, 0.25) is 5.91 Å². The Labute approximate surface area is 140 Å². The van der Waals surface area contributed by atoms with E-state index in [2.05, 4.69) is 16.3 Å². The van der Waals surface area contributed by atoms with Gasteiger partial charge in [-0.25, -0.2) is 5.48 Å². The fourth-order valence-electron chi connectivity index (χ4n) is 2.79. The minimum atomic E-state index is -0.535. The summed E-state index contributed by atoms with van der Waals surface area (Å²) < 4.78 is 0. The number of anilines is 2. The first-order chi connectivity index (χ1) is 11.6. The molecule has 0 radical (unpaired) electrons. The van der Waals surface area contributed by atoms with Crippen LogP contribution in [0.25, 0.3) is 0 Å². The third-order valence-electron chi connectivity index (χ3n) is 4.07. The molecule has 2 amide bonds. The SMILES string of the molecule is Cc1ccc2c(c1)N(Cc1ccc(C(=O)NO)cc1)CCC(=O)N2. The molecule has 3 N–H and O–H groups in total. The minimum absolute atomic E-state index is 0.0116. The lowest BCUT2D eigenvalue weighted by atomic mass is 10.1. The highest BCUT2D eigenvalue weighted by atomic mass is 16.5. The largest absolute Gasteiger partial charge is 0.365 e. The Morgan fingerprint density at radius 3 is 2.71 bits per heavy atom. The summed E-state index contributed by atoms with van der Waals surface area (Å²) in [5.74, 6) is -0.523. The van der Waals surface area contributed by atoms with Crippen molar-refractivity contribution in [2.24, 2.45) is 0 Å². The molecule has 6 heteroatoms. The van der Waals surface area contributed by atoms with Gasteiger partial charge in [-0.15, -0.1) is 0 Å². The van der Waals surface area contributed by atoms with Gasteiger partial charge < -0.3 is 10.2 Å². The highest BCUT2D eigenvalue weighted by molar-refractivity contribution is 5.96. The second-order valence-electron chi connectivity index (χ2n) is 5.88. The average molecular weight is 325 g/mol. The first kappa shape index (κ1) is 16.0. The number of benzene rings is 2. The fourth-order valence-corrected chi connectivity index (χ4v) is 2.79. The zero-order valence-electron chi connectivity index (χ0n) is 13.4. The number of nitrogens with zero attached hydrogens (tertiary/aromatic N) is 1. The third kappa shape index (κ3) is 3.38. The molecule has 2 aromatic rings. The van der Waals surface area contributed by atoms with Crippen LogP contribution < -0.4 is 15.7 Å². The van der Waals surface area contributed by atoms with Crippen LogP contribution in [0, 0.1) is 6.92 Å². The van der Waals surface area contributed by atoms with Gasteiger partial charge in [0.1, 0.15) is 0 Å². The Hall–Kier alpha value is -2.86. The molecule has 1 aliphatic heterocycles. The lowest BCUT2D eigenvalue weighted by Crippen LogP contribution is -2.24. The number of carbonyl (C=O) groups is 2. The molecule has 6 nitrogen and oxygen atoms in total. The smallest absolute Gasteiger partial charge is 0.274 e. The molecule has 3 rings (SSSR count). The first-order valence-corrected chi connectivity index (χ1v) is 7.75. The predicted molar refractivity (Wildman–Crippen MR) is 91.2 cm³/mol. The van der Waals surface area contributed by atoms with E-state index in [1.807, 2.05) is 31.2 Å². The minimum Gasteiger partial charge on any atom is -0.365 e. The van der Waals surface area contributed by atoms with E-state index in [4.69, 9.17) is 5.21 Å². The van der Waals surface area contributed by atoms with Crippen LogP contribution in [0.2, 0.25) is 0 Å². The van der Waals surface area contributed by atoms with E-state index in [-0.39, 0.29) is 5.91 Å². The summed E-state index contributed by atoms with van der Waals surface area (Å²) in [7, 11) is 0.